The third-order valence-corrected chi connectivity index (χ3v) is 2.15. The quantitative estimate of drug-likeness (QED) is 0.515. The SMILES string of the molecule is Br.CCCCC[CH2][Zn]. The first-order chi connectivity index (χ1) is 3.41. The minimum atomic E-state index is 0. The van der Waals surface area contributed by atoms with E-state index in [1.54, 1.807) is 0 Å². The summed E-state index contributed by atoms with van der Waals surface area (Å²) >= 11 is 1.49. The second-order valence-electron chi connectivity index (χ2n) is 1.91. The average molecular weight is 231 g/mol. The Morgan fingerprint density at radius 1 is 1.12 bits per heavy atom. The first kappa shape index (κ1) is 11.8. The molecule has 0 spiro atoms. The van der Waals surface area contributed by atoms with E-state index in [-0.39, 0.29) is 17.0 Å². The fourth-order valence-corrected chi connectivity index (χ4v) is 1.35. The summed E-state index contributed by atoms with van der Waals surface area (Å²) in [6.07, 6.45) is 5.77. The summed E-state index contributed by atoms with van der Waals surface area (Å²) in [7, 11) is 0. The predicted molar refractivity (Wildman–Crippen MR) is 39.3 cm³/mol. The molecular weight excluding hydrogens is 217 g/mol. The van der Waals surface area contributed by atoms with Gasteiger partial charge in [0.15, 0.2) is 0 Å². The normalized spacial score (nSPS) is 8.38. The van der Waals surface area contributed by atoms with Crippen LogP contribution >= 0.6 is 17.0 Å². The molecule has 2 heteroatoms. The van der Waals surface area contributed by atoms with E-state index in [9.17, 15) is 0 Å². The van der Waals surface area contributed by atoms with Crippen LogP contribution in [-0.4, -0.2) is 0 Å². The van der Waals surface area contributed by atoms with Gasteiger partial charge >= 0.3 is 55.9 Å². The van der Waals surface area contributed by atoms with Crippen LogP contribution < -0.4 is 0 Å². The van der Waals surface area contributed by atoms with Gasteiger partial charge < -0.3 is 0 Å². The van der Waals surface area contributed by atoms with Crippen molar-refractivity contribution in [3.8, 4) is 0 Å². The standard InChI is InChI=1S/C6H13.BrH.Zn/c1-3-5-6-4-2;;/h1,3-6H2,2H3;1H;. The Balaban J connectivity index is 0. The van der Waals surface area contributed by atoms with Crippen molar-refractivity contribution in [2.45, 2.75) is 37.6 Å². The minimum absolute atomic E-state index is 0. The van der Waals surface area contributed by atoms with E-state index >= 15 is 0 Å². The summed E-state index contributed by atoms with van der Waals surface area (Å²) in [4.78, 5) is 0. The van der Waals surface area contributed by atoms with Crippen LogP contribution in [0.1, 0.15) is 32.6 Å². The van der Waals surface area contributed by atoms with Crippen LogP contribution in [0.4, 0.5) is 0 Å². The van der Waals surface area contributed by atoms with Crippen LogP contribution in [0.3, 0.4) is 0 Å². The van der Waals surface area contributed by atoms with Gasteiger partial charge in [0.05, 0.1) is 0 Å². The molecule has 0 amide bonds. The molecule has 0 rings (SSSR count). The molecule has 0 unspecified atom stereocenters. The summed E-state index contributed by atoms with van der Waals surface area (Å²) in [5.41, 5.74) is 0. The first-order valence-electron chi connectivity index (χ1n) is 3.21. The molecule has 0 aromatic carbocycles. The van der Waals surface area contributed by atoms with E-state index in [4.69, 9.17) is 0 Å². The topological polar surface area (TPSA) is 0 Å². The molecule has 0 aliphatic heterocycles. The van der Waals surface area contributed by atoms with Crippen molar-refractivity contribution in [2.75, 3.05) is 0 Å². The van der Waals surface area contributed by atoms with E-state index in [1.807, 2.05) is 0 Å². The number of unbranched alkanes of at least 4 members (excludes halogenated alkanes) is 3. The number of halogens is 1. The van der Waals surface area contributed by atoms with Crippen LogP contribution in [0.15, 0.2) is 0 Å². The van der Waals surface area contributed by atoms with Crippen molar-refractivity contribution in [1.29, 1.82) is 0 Å². The maximum atomic E-state index is 2.26. The molecule has 0 bridgehead atoms. The molecule has 8 heavy (non-hydrogen) atoms. The molecule has 0 N–H and O–H groups in total. The number of rotatable bonds is 4. The molecule has 0 aliphatic carbocycles. The van der Waals surface area contributed by atoms with Gasteiger partial charge in [0, 0.05) is 0 Å². The molecule has 0 fully saturated rings. The van der Waals surface area contributed by atoms with Crippen molar-refractivity contribution in [3.05, 3.63) is 0 Å². The van der Waals surface area contributed by atoms with Crippen LogP contribution in [-0.2, 0) is 18.3 Å². The molecule has 0 radical (unpaired) electrons. The van der Waals surface area contributed by atoms with Crippen molar-refractivity contribution in [1.82, 2.24) is 0 Å². The molecule has 0 aromatic rings. The van der Waals surface area contributed by atoms with Gasteiger partial charge in [0.1, 0.15) is 0 Å². The third kappa shape index (κ3) is 10.2. The molecule has 47 valence electrons. The fraction of sp³-hybridized carbons (Fsp3) is 1.00. The first-order valence-corrected chi connectivity index (χ1v) is 5.31. The predicted octanol–water partition coefficient (Wildman–Crippen LogP) is 3.11. The van der Waals surface area contributed by atoms with Crippen molar-refractivity contribution >= 4 is 17.0 Å². The van der Waals surface area contributed by atoms with Crippen LogP contribution in [0, 0.1) is 0 Å². The Hall–Kier alpha value is 1.10. The summed E-state index contributed by atoms with van der Waals surface area (Å²) in [5, 5.41) is 1.49. The van der Waals surface area contributed by atoms with E-state index in [1.165, 1.54) is 49.0 Å². The number of hydrogen-bond donors (Lipinski definition) is 0. The van der Waals surface area contributed by atoms with Gasteiger partial charge in [-0.25, -0.2) is 0 Å². The van der Waals surface area contributed by atoms with E-state index in [0.717, 1.165) is 0 Å². The monoisotopic (exact) mass is 229 g/mol. The zero-order valence-electron chi connectivity index (χ0n) is 5.65. The molecule has 0 saturated carbocycles. The molecule has 0 atom stereocenters. The Morgan fingerprint density at radius 2 is 1.75 bits per heavy atom. The van der Waals surface area contributed by atoms with Crippen molar-refractivity contribution in [3.63, 3.8) is 0 Å². The number of hydrogen-bond acceptors (Lipinski definition) is 0. The average Bonchev–Trinajstić information content (AvgIpc) is 1.69. The van der Waals surface area contributed by atoms with Gasteiger partial charge in [-0.05, 0) is 0 Å². The van der Waals surface area contributed by atoms with Crippen LogP contribution in [0.5, 0.6) is 0 Å². The van der Waals surface area contributed by atoms with E-state index < -0.39 is 0 Å². The van der Waals surface area contributed by atoms with Crippen molar-refractivity contribution < 1.29 is 18.3 Å². The summed E-state index contributed by atoms with van der Waals surface area (Å²) in [5.74, 6) is 0. The molecule has 0 aliphatic rings. The zero-order chi connectivity index (χ0) is 5.54. The van der Waals surface area contributed by atoms with Crippen LogP contribution in [0.2, 0.25) is 5.02 Å². The summed E-state index contributed by atoms with van der Waals surface area (Å²) < 4.78 is 0. The second-order valence-corrected chi connectivity index (χ2v) is 3.40. The van der Waals surface area contributed by atoms with Crippen LogP contribution in [0.25, 0.3) is 0 Å². The second kappa shape index (κ2) is 11.0. The van der Waals surface area contributed by atoms with E-state index in [0.29, 0.717) is 0 Å². The molecule has 0 aromatic heterocycles. The zero-order valence-corrected chi connectivity index (χ0v) is 10.3. The van der Waals surface area contributed by atoms with Gasteiger partial charge in [-0.3, -0.25) is 0 Å². The molecule has 0 saturated heterocycles. The van der Waals surface area contributed by atoms with E-state index in [2.05, 4.69) is 6.92 Å². The Morgan fingerprint density at radius 3 is 2.12 bits per heavy atom. The van der Waals surface area contributed by atoms with Gasteiger partial charge in [-0.2, -0.15) is 0 Å². The van der Waals surface area contributed by atoms with Gasteiger partial charge in [-0.15, -0.1) is 17.0 Å². The van der Waals surface area contributed by atoms with Gasteiger partial charge in [0.25, 0.3) is 0 Å². The van der Waals surface area contributed by atoms with Gasteiger partial charge in [0.2, 0.25) is 0 Å². The summed E-state index contributed by atoms with van der Waals surface area (Å²) in [6, 6.07) is 0. The molecule has 0 heterocycles. The van der Waals surface area contributed by atoms with Gasteiger partial charge in [-0.1, -0.05) is 0 Å². The maximum absolute atomic E-state index is 2.26. The Bertz CT molecular complexity index is 27.7. The summed E-state index contributed by atoms with van der Waals surface area (Å²) in [6.45, 7) is 2.26. The molecular formula is C6H14BrZn. The van der Waals surface area contributed by atoms with Crippen molar-refractivity contribution in [2.24, 2.45) is 0 Å². The fourth-order valence-electron chi connectivity index (χ4n) is 0.604. The third-order valence-electron chi connectivity index (χ3n) is 1.10. The molecule has 0 nitrogen and oxygen atoms in total. The Kier molecular flexibility index (Phi) is 16.3. The Labute approximate surface area is 72.9 Å².